The minimum absolute atomic E-state index is 0.0989. The van der Waals surface area contributed by atoms with Crippen molar-refractivity contribution in [2.75, 3.05) is 12.4 Å². The van der Waals surface area contributed by atoms with Crippen LogP contribution in [0.5, 0.6) is 5.75 Å². The Balaban J connectivity index is 1.74. The Labute approximate surface area is 152 Å². The van der Waals surface area contributed by atoms with Gasteiger partial charge in [0.25, 0.3) is 5.91 Å². The first-order valence-corrected chi connectivity index (χ1v) is 9.02. The number of carbonyl (C=O) groups is 1. The number of rotatable bonds is 3. The van der Waals surface area contributed by atoms with Crippen LogP contribution in [0.1, 0.15) is 34.9 Å². The molecule has 2 aliphatic rings. The van der Waals surface area contributed by atoms with Gasteiger partial charge in [0.1, 0.15) is 11.9 Å². The summed E-state index contributed by atoms with van der Waals surface area (Å²) in [4.78, 5) is 15.3. The lowest BCUT2D eigenvalue weighted by molar-refractivity contribution is 0.0666. The number of fused-ring (bicyclic) bond motifs is 2. The molecule has 1 heterocycles. The molecule has 4 heteroatoms. The van der Waals surface area contributed by atoms with Crippen molar-refractivity contribution in [1.29, 1.82) is 0 Å². The van der Waals surface area contributed by atoms with Crippen molar-refractivity contribution < 1.29 is 9.53 Å². The van der Waals surface area contributed by atoms with E-state index in [1.807, 2.05) is 47.4 Å². The molecule has 1 aliphatic carbocycles. The molecule has 3 aromatic rings. The molecule has 0 aromatic heterocycles. The average Bonchev–Trinajstić information content (AvgIpc) is 3.52. The van der Waals surface area contributed by atoms with E-state index in [1.165, 1.54) is 0 Å². The molecule has 1 saturated carbocycles. The predicted molar refractivity (Wildman–Crippen MR) is 102 cm³/mol. The molecule has 5 rings (SSSR count). The Morgan fingerprint density at radius 1 is 1.00 bits per heavy atom. The quantitative estimate of drug-likeness (QED) is 0.756. The molecule has 1 fully saturated rings. The van der Waals surface area contributed by atoms with Crippen molar-refractivity contribution in [1.82, 2.24) is 4.90 Å². The minimum atomic E-state index is -0.231. The van der Waals surface area contributed by atoms with E-state index in [2.05, 4.69) is 23.5 Å². The van der Waals surface area contributed by atoms with Crippen LogP contribution in [0.4, 0.5) is 5.69 Å². The highest BCUT2D eigenvalue weighted by atomic mass is 16.5. The number of ether oxygens (including phenoxy) is 1. The van der Waals surface area contributed by atoms with Gasteiger partial charge in [-0.15, -0.1) is 0 Å². The van der Waals surface area contributed by atoms with Crippen LogP contribution >= 0.6 is 0 Å². The Morgan fingerprint density at radius 3 is 2.58 bits per heavy atom. The molecule has 0 unspecified atom stereocenters. The Hall–Kier alpha value is -3.01. The summed E-state index contributed by atoms with van der Waals surface area (Å²) >= 11 is 0. The number of para-hydroxylation sites is 1. The summed E-state index contributed by atoms with van der Waals surface area (Å²) in [7, 11) is 1.69. The molecule has 130 valence electrons. The Morgan fingerprint density at radius 2 is 1.77 bits per heavy atom. The van der Waals surface area contributed by atoms with E-state index in [9.17, 15) is 4.79 Å². The molecule has 3 aromatic carbocycles. The zero-order valence-electron chi connectivity index (χ0n) is 14.6. The number of hydrogen-bond donors (Lipinski definition) is 1. The normalized spacial score (nSPS) is 19.2. The summed E-state index contributed by atoms with van der Waals surface area (Å²) in [6, 6.07) is 20.4. The van der Waals surface area contributed by atoms with E-state index in [0.29, 0.717) is 0 Å². The smallest absolute Gasteiger partial charge is 0.258 e. The molecule has 1 atom stereocenters. The van der Waals surface area contributed by atoms with E-state index in [4.69, 9.17) is 4.74 Å². The minimum Gasteiger partial charge on any atom is -0.496 e. The topological polar surface area (TPSA) is 41.6 Å². The van der Waals surface area contributed by atoms with E-state index in [-0.39, 0.29) is 18.1 Å². The summed E-state index contributed by atoms with van der Waals surface area (Å²) in [6.45, 7) is 0. The Bertz CT molecular complexity index is 1010. The van der Waals surface area contributed by atoms with Crippen LogP contribution in [0, 0.1) is 0 Å². The van der Waals surface area contributed by atoms with Crippen LogP contribution in [0.2, 0.25) is 0 Å². The highest BCUT2D eigenvalue weighted by Crippen LogP contribution is 2.44. The van der Waals surface area contributed by atoms with Gasteiger partial charge in [-0.25, -0.2) is 0 Å². The second-order valence-corrected chi connectivity index (χ2v) is 6.94. The second kappa shape index (κ2) is 5.77. The van der Waals surface area contributed by atoms with Gasteiger partial charge in [-0.2, -0.15) is 0 Å². The van der Waals surface area contributed by atoms with Crippen LogP contribution in [-0.4, -0.2) is 24.0 Å². The summed E-state index contributed by atoms with van der Waals surface area (Å²) in [5.74, 6) is 0.904. The first-order chi connectivity index (χ1) is 12.8. The van der Waals surface area contributed by atoms with Gasteiger partial charge in [0.05, 0.1) is 12.7 Å². The van der Waals surface area contributed by atoms with Gasteiger partial charge in [0.2, 0.25) is 0 Å². The summed E-state index contributed by atoms with van der Waals surface area (Å²) < 4.78 is 5.70. The summed E-state index contributed by atoms with van der Waals surface area (Å²) in [5.41, 5.74) is 2.66. The molecule has 0 saturated heterocycles. The summed E-state index contributed by atoms with van der Waals surface area (Å²) in [5, 5.41) is 5.87. The molecule has 1 N–H and O–H groups in total. The molecule has 1 amide bonds. The number of methoxy groups -OCH3 is 1. The van der Waals surface area contributed by atoms with Crippen molar-refractivity contribution >= 4 is 22.4 Å². The van der Waals surface area contributed by atoms with Crippen molar-refractivity contribution in [3.05, 3.63) is 71.8 Å². The second-order valence-electron chi connectivity index (χ2n) is 6.94. The average molecular weight is 344 g/mol. The van der Waals surface area contributed by atoms with Crippen LogP contribution < -0.4 is 10.1 Å². The van der Waals surface area contributed by atoms with Crippen LogP contribution in [0.15, 0.2) is 60.7 Å². The zero-order valence-corrected chi connectivity index (χ0v) is 14.6. The molecular weight excluding hydrogens is 324 g/mol. The van der Waals surface area contributed by atoms with Gasteiger partial charge in [0.15, 0.2) is 0 Å². The fraction of sp³-hybridized carbons (Fsp3) is 0.227. The number of hydrogen-bond acceptors (Lipinski definition) is 3. The molecule has 4 nitrogen and oxygen atoms in total. The molecular formula is C22H20N2O2. The lowest BCUT2D eigenvalue weighted by atomic mass is 9.97. The maximum absolute atomic E-state index is 13.3. The van der Waals surface area contributed by atoms with Gasteiger partial charge in [-0.1, -0.05) is 42.5 Å². The maximum atomic E-state index is 13.3. The number of carbonyl (C=O) groups excluding carboxylic acids is 1. The van der Waals surface area contributed by atoms with Crippen LogP contribution in [0.25, 0.3) is 10.8 Å². The lowest BCUT2D eigenvalue weighted by Gasteiger charge is -2.39. The van der Waals surface area contributed by atoms with Crippen molar-refractivity contribution in [3.8, 4) is 5.75 Å². The molecule has 0 radical (unpaired) electrons. The number of amides is 1. The van der Waals surface area contributed by atoms with Crippen molar-refractivity contribution in [3.63, 3.8) is 0 Å². The van der Waals surface area contributed by atoms with Gasteiger partial charge in [-0.3, -0.25) is 4.79 Å². The molecule has 0 spiro atoms. The monoisotopic (exact) mass is 344 g/mol. The number of nitrogens with one attached hydrogen (secondary N) is 1. The number of nitrogens with zero attached hydrogens (tertiary/aromatic N) is 1. The van der Waals surface area contributed by atoms with Gasteiger partial charge in [0, 0.05) is 17.3 Å². The maximum Gasteiger partial charge on any atom is 0.258 e. The first-order valence-electron chi connectivity index (χ1n) is 9.02. The number of benzene rings is 3. The Kier molecular flexibility index (Phi) is 3.38. The highest BCUT2D eigenvalue weighted by molar-refractivity contribution is 6.03. The predicted octanol–water partition coefficient (Wildman–Crippen LogP) is 4.58. The van der Waals surface area contributed by atoms with Crippen molar-refractivity contribution in [2.24, 2.45) is 0 Å². The van der Waals surface area contributed by atoms with Crippen LogP contribution in [0.3, 0.4) is 0 Å². The van der Waals surface area contributed by atoms with Crippen LogP contribution in [-0.2, 0) is 0 Å². The summed E-state index contributed by atoms with van der Waals surface area (Å²) in [6.07, 6.45) is 1.88. The largest absolute Gasteiger partial charge is 0.496 e. The third-order valence-electron chi connectivity index (χ3n) is 5.33. The number of anilines is 1. The van der Waals surface area contributed by atoms with Gasteiger partial charge < -0.3 is 15.0 Å². The fourth-order valence-corrected chi connectivity index (χ4v) is 3.94. The standard InChI is InChI=1S/C22H20N2O2/c1-26-19-13-10-14-6-2-3-7-16(14)20(19)21-23-18-9-5-4-8-17(18)22(25)24(21)15-11-12-15/h2-10,13,15,21,23H,11-12H2,1H3/t21-/m0/s1. The zero-order chi connectivity index (χ0) is 17.7. The fourth-order valence-electron chi connectivity index (χ4n) is 3.94. The lowest BCUT2D eigenvalue weighted by Crippen LogP contribution is -2.44. The van der Waals surface area contributed by atoms with Crippen molar-refractivity contribution in [2.45, 2.75) is 25.0 Å². The highest BCUT2D eigenvalue weighted by Gasteiger charge is 2.43. The molecule has 1 aliphatic heterocycles. The first kappa shape index (κ1) is 15.3. The van der Waals surface area contributed by atoms with Gasteiger partial charge >= 0.3 is 0 Å². The van der Waals surface area contributed by atoms with E-state index in [0.717, 1.165) is 46.2 Å². The third-order valence-corrected chi connectivity index (χ3v) is 5.33. The SMILES string of the molecule is COc1ccc2ccccc2c1[C@H]1Nc2ccccc2C(=O)N1C1CC1. The van der Waals surface area contributed by atoms with E-state index in [1.54, 1.807) is 7.11 Å². The third kappa shape index (κ3) is 2.25. The van der Waals surface area contributed by atoms with E-state index >= 15 is 0 Å². The van der Waals surface area contributed by atoms with E-state index < -0.39 is 0 Å². The van der Waals surface area contributed by atoms with Gasteiger partial charge in [-0.05, 0) is 41.8 Å². The molecule has 26 heavy (non-hydrogen) atoms. The molecule has 0 bridgehead atoms.